The van der Waals surface area contributed by atoms with Crippen molar-refractivity contribution < 1.29 is 10.2 Å². The van der Waals surface area contributed by atoms with Gasteiger partial charge in [0.2, 0.25) is 0 Å². The van der Waals surface area contributed by atoms with E-state index in [0.717, 1.165) is 5.56 Å². The number of benzene rings is 1. The Morgan fingerprint density at radius 1 is 1.18 bits per heavy atom. The largest absolute Gasteiger partial charge is 0.504 e. The molecule has 11 heavy (non-hydrogen) atoms. The average molecular weight is 159 g/mol. The molecule has 3 heteroatoms. The molecular weight excluding hydrogens is 148 g/mol. The molecule has 1 aromatic carbocycles. The molecule has 0 aromatic heterocycles. The average Bonchev–Trinajstić information content (AvgIpc) is 1.98. The summed E-state index contributed by atoms with van der Waals surface area (Å²) in [5, 5.41) is 18.0. The number of nitrogens with two attached hydrogens (primary N) is 1. The Bertz CT molecular complexity index is 248. The number of aromatic hydroxyl groups is 2. The van der Waals surface area contributed by atoms with Gasteiger partial charge in [-0.1, -0.05) is 6.07 Å². The highest BCUT2D eigenvalue weighted by atomic mass is 16.4. The Kier molecular flexibility index (Phi) is 2.33. The topological polar surface area (TPSA) is 66.5 Å². The summed E-state index contributed by atoms with van der Waals surface area (Å²) in [4.78, 5) is 0. The van der Waals surface area contributed by atoms with Crippen LogP contribution in [0.5, 0.6) is 11.5 Å². The summed E-state index contributed by atoms with van der Waals surface area (Å²) in [5.74, 6) is -0.179. The van der Waals surface area contributed by atoms with Crippen LogP contribution in [0.15, 0.2) is 18.2 Å². The second kappa shape index (κ2) is 3.25. The minimum Gasteiger partial charge on any atom is -0.504 e. The van der Waals surface area contributed by atoms with Crippen molar-refractivity contribution in [2.45, 2.75) is 6.42 Å². The molecule has 0 radical (unpaired) electrons. The van der Waals surface area contributed by atoms with Crippen LogP contribution in [0.25, 0.3) is 0 Å². The van der Waals surface area contributed by atoms with Crippen LogP contribution in [0.4, 0.5) is 0 Å². The maximum absolute atomic E-state index is 9.04. The van der Waals surface area contributed by atoms with E-state index in [9.17, 15) is 0 Å². The van der Waals surface area contributed by atoms with Gasteiger partial charge in [0, 0.05) is 0 Å². The molecule has 0 spiro atoms. The lowest BCUT2D eigenvalue weighted by Gasteiger charge is -2.00. The Morgan fingerprint density at radius 3 is 2.45 bits per heavy atom. The van der Waals surface area contributed by atoms with Gasteiger partial charge in [0.1, 0.15) is 0 Å². The molecule has 0 heterocycles. The zero-order valence-corrected chi connectivity index (χ0v) is 6.12. The van der Waals surface area contributed by atoms with Crippen molar-refractivity contribution in [3.05, 3.63) is 23.8 Å². The fourth-order valence-electron chi connectivity index (χ4n) is 0.891. The zero-order chi connectivity index (χ0) is 8.27. The second-order valence-corrected chi connectivity index (χ2v) is 2.36. The smallest absolute Gasteiger partial charge is 0.157 e. The van der Waals surface area contributed by atoms with Crippen molar-refractivity contribution in [2.75, 3.05) is 6.54 Å². The molecule has 4 N–H and O–H groups in total. The van der Waals surface area contributed by atoms with E-state index in [-0.39, 0.29) is 11.5 Å². The van der Waals surface area contributed by atoms with E-state index in [0.29, 0.717) is 13.0 Å². The van der Waals surface area contributed by atoms with Gasteiger partial charge in [0.05, 0.1) is 0 Å². The summed E-state index contributed by atoms with van der Waals surface area (Å²) in [6, 6.07) is 4.71. The maximum Gasteiger partial charge on any atom is 0.157 e. The molecule has 60 valence electrons. The summed E-state index contributed by atoms with van der Waals surface area (Å²) < 4.78 is 0. The summed E-state index contributed by atoms with van der Waals surface area (Å²) in [6.45, 7) is 0.546. The first-order valence-corrected chi connectivity index (χ1v) is 3.45. The van der Waals surface area contributed by atoms with Gasteiger partial charge >= 0.3 is 0 Å². The van der Waals surface area contributed by atoms with Gasteiger partial charge in [-0.05, 0) is 30.7 Å². The number of phenols is 2. The van der Waals surface area contributed by atoms with Crippen molar-refractivity contribution in [1.29, 1.82) is 0 Å². The number of hydrogen-bond donors (Lipinski definition) is 3. The standard InChI is InChI=1S/C8H11NO2/c9-4-3-6-1-2-7(10)8(11)5-6/h1-2,5,10-11H,3-4,9H2/i3+1,4+1,5+1,6+1,7+1,8+1. The molecule has 0 aliphatic heterocycles. The lowest BCUT2D eigenvalue weighted by molar-refractivity contribution is 0.403. The lowest BCUT2D eigenvalue weighted by atomic mass is 10.7. The van der Waals surface area contributed by atoms with Gasteiger partial charge < -0.3 is 15.9 Å². The van der Waals surface area contributed by atoms with Crippen molar-refractivity contribution in [3.63, 3.8) is 0 Å². The van der Waals surface area contributed by atoms with Crippen molar-refractivity contribution in [1.82, 2.24) is 0 Å². The summed E-state index contributed by atoms with van der Waals surface area (Å²) in [5.41, 5.74) is 6.24. The van der Waals surface area contributed by atoms with E-state index in [2.05, 4.69) is 0 Å². The third-order valence-electron chi connectivity index (χ3n) is 1.47. The molecule has 0 atom stereocenters. The molecule has 0 aliphatic carbocycles. The Hall–Kier alpha value is -1.22. The van der Waals surface area contributed by atoms with E-state index in [1.54, 1.807) is 6.07 Å². The first-order chi connectivity index (χ1) is 5.24. The summed E-state index contributed by atoms with van der Waals surface area (Å²) in [7, 11) is 0. The Labute approximate surface area is 65.1 Å². The van der Waals surface area contributed by atoms with E-state index in [1.165, 1.54) is 12.1 Å². The number of phenolic OH excluding ortho intramolecular Hbond substituents is 2. The fourth-order valence-corrected chi connectivity index (χ4v) is 0.891. The first-order valence-electron chi connectivity index (χ1n) is 3.45. The quantitative estimate of drug-likeness (QED) is 0.437. The maximum atomic E-state index is 9.04. The molecule has 0 aliphatic rings. The Morgan fingerprint density at radius 2 is 1.91 bits per heavy atom. The lowest BCUT2D eigenvalue weighted by Crippen LogP contribution is -2.02. The number of rotatable bonds is 2. The molecule has 0 fully saturated rings. The van der Waals surface area contributed by atoms with E-state index < -0.39 is 0 Å². The molecule has 1 rings (SSSR count). The number of hydrogen-bond acceptors (Lipinski definition) is 3. The molecule has 0 unspecified atom stereocenters. The van der Waals surface area contributed by atoms with Crippen molar-refractivity contribution >= 4 is 0 Å². The highest BCUT2D eigenvalue weighted by Crippen LogP contribution is 2.24. The third kappa shape index (κ3) is 1.85. The molecular formula is C8H11NO2. The third-order valence-corrected chi connectivity index (χ3v) is 1.47. The van der Waals surface area contributed by atoms with Crippen molar-refractivity contribution in [2.24, 2.45) is 5.73 Å². The second-order valence-electron chi connectivity index (χ2n) is 2.36. The van der Waals surface area contributed by atoms with Crippen LogP contribution < -0.4 is 5.73 Å². The van der Waals surface area contributed by atoms with Gasteiger partial charge in [-0.25, -0.2) is 0 Å². The molecule has 0 saturated heterocycles. The molecule has 1 aromatic rings. The van der Waals surface area contributed by atoms with Crippen LogP contribution in [-0.2, 0) is 6.42 Å². The van der Waals surface area contributed by atoms with Gasteiger partial charge in [0.15, 0.2) is 11.5 Å². The zero-order valence-electron chi connectivity index (χ0n) is 6.12. The minimum absolute atomic E-state index is 0.0871. The van der Waals surface area contributed by atoms with Gasteiger partial charge in [0.25, 0.3) is 0 Å². The highest BCUT2D eigenvalue weighted by molar-refractivity contribution is 5.40. The van der Waals surface area contributed by atoms with Crippen LogP contribution in [0.1, 0.15) is 5.56 Å². The van der Waals surface area contributed by atoms with Gasteiger partial charge in [-0.15, -0.1) is 0 Å². The molecule has 0 bridgehead atoms. The van der Waals surface area contributed by atoms with Gasteiger partial charge in [-0.2, -0.15) is 0 Å². The van der Waals surface area contributed by atoms with Crippen LogP contribution in [0.3, 0.4) is 0 Å². The van der Waals surface area contributed by atoms with Crippen LogP contribution in [0, 0.1) is 0 Å². The van der Waals surface area contributed by atoms with E-state index >= 15 is 0 Å². The fraction of sp³-hybridized carbons (Fsp3) is 0.250. The van der Waals surface area contributed by atoms with Crippen LogP contribution in [0.2, 0.25) is 0 Å². The van der Waals surface area contributed by atoms with Crippen LogP contribution >= 0.6 is 0 Å². The highest BCUT2D eigenvalue weighted by Gasteiger charge is 1.98. The normalized spacial score (nSPS) is 9.91. The van der Waals surface area contributed by atoms with E-state index in [4.69, 9.17) is 15.9 Å². The summed E-state index contributed by atoms with van der Waals surface area (Å²) >= 11 is 0. The molecule has 0 saturated carbocycles. The van der Waals surface area contributed by atoms with E-state index in [1.807, 2.05) is 0 Å². The molecule has 0 amide bonds. The summed E-state index contributed by atoms with van der Waals surface area (Å²) in [6.07, 6.45) is 0.716. The predicted molar refractivity (Wildman–Crippen MR) is 42.5 cm³/mol. The van der Waals surface area contributed by atoms with Crippen LogP contribution in [-0.4, -0.2) is 16.8 Å². The predicted octanol–water partition coefficient (Wildman–Crippen LogP) is 0.599. The monoisotopic (exact) mass is 159 g/mol. The van der Waals surface area contributed by atoms with Crippen molar-refractivity contribution in [3.8, 4) is 11.5 Å². The molecule has 3 nitrogen and oxygen atoms in total. The SMILES string of the molecule is N[13CH2][13CH2][13c]1cc[13c](O)[13c](O)[13cH]1. The van der Waals surface area contributed by atoms with Gasteiger partial charge in [-0.3, -0.25) is 0 Å². The Balaban J connectivity index is 2.86. The first kappa shape index (κ1) is 7.88. The minimum atomic E-state index is -0.0919.